The van der Waals surface area contributed by atoms with Gasteiger partial charge in [-0.15, -0.1) is 0 Å². The Balaban J connectivity index is 1.94. The highest BCUT2D eigenvalue weighted by molar-refractivity contribution is 5.85. The van der Waals surface area contributed by atoms with Crippen LogP contribution < -0.4 is 11.1 Å². The molecule has 2 fully saturated rings. The third-order valence-electron chi connectivity index (χ3n) is 4.41. The van der Waals surface area contributed by atoms with Gasteiger partial charge < -0.3 is 25.6 Å². The number of methoxy groups -OCH3 is 1. The number of hydrogen-bond acceptors (Lipinski definition) is 6. The summed E-state index contributed by atoms with van der Waals surface area (Å²) in [7, 11) is 1.22. The van der Waals surface area contributed by atoms with Crippen LogP contribution in [0, 0.1) is 5.92 Å². The van der Waals surface area contributed by atoms with E-state index in [1.807, 2.05) is 0 Å². The molecule has 1 aliphatic heterocycles. The summed E-state index contributed by atoms with van der Waals surface area (Å²) in [4.78, 5) is 22.9. The predicted molar refractivity (Wildman–Crippen MR) is 74.4 cm³/mol. The second-order valence-electron chi connectivity index (χ2n) is 5.91. The van der Waals surface area contributed by atoms with Crippen molar-refractivity contribution in [3.05, 3.63) is 0 Å². The Hall–Kier alpha value is -1.34. The number of carbonyl (C=O) groups excluding carboxylic acids is 2. The molecule has 0 aromatic rings. The lowest BCUT2D eigenvalue weighted by molar-refractivity contribution is -0.145. The maximum atomic E-state index is 11.6. The summed E-state index contributed by atoms with van der Waals surface area (Å²) in [6.07, 6.45) is 3.72. The van der Waals surface area contributed by atoms with Crippen molar-refractivity contribution in [1.82, 2.24) is 5.32 Å². The van der Waals surface area contributed by atoms with Gasteiger partial charge in [0.1, 0.15) is 6.10 Å². The van der Waals surface area contributed by atoms with Crippen LogP contribution in [0.2, 0.25) is 0 Å². The SMILES string of the molecule is COC(=O)C1NC(=O)OC1[C@@H](O)[C@@H](N)CC1CCCCC1. The molecular formula is C14H24N2O5. The fourth-order valence-electron chi connectivity index (χ4n) is 3.21. The second kappa shape index (κ2) is 7.09. The highest BCUT2D eigenvalue weighted by Crippen LogP contribution is 2.28. The van der Waals surface area contributed by atoms with Gasteiger partial charge in [-0.2, -0.15) is 0 Å². The summed E-state index contributed by atoms with van der Waals surface area (Å²) in [5.41, 5.74) is 6.06. The molecule has 1 saturated carbocycles. The number of rotatable bonds is 5. The van der Waals surface area contributed by atoms with Crippen molar-refractivity contribution in [2.45, 2.75) is 62.8 Å². The highest BCUT2D eigenvalue weighted by Gasteiger charge is 2.46. The topological polar surface area (TPSA) is 111 Å². The van der Waals surface area contributed by atoms with E-state index in [1.165, 1.54) is 26.4 Å². The first-order valence-electron chi connectivity index (χ1n) is 7.51. The fourth-order valence-corrected chi connectivity index (χ4v) is 3.21. The van der Waals surface area contributed by atoms with Crippen molar-refractivity contribution in [2.75, 3.05) is 7.11 Å². The van der Waals surface area contributed by atoms with E-state index in [2.05, 4.69) is 10.1 Å². The maximum absolute atomic E-state index is 11.6. The average molecular weight is 300 g/mol. The Kier molecular flexibility index (Phi) is 5.41. The van der Waals surface area contributed by atoms with Crippen LogP contribution in [0.25, 0.3) is 0 Å². The fraction of sp³-hybridized carbons (Fsp3) is 0.857. The lowest BCUT2D eigenvalue weighted by atomic mass is 9.83. The Morgan fingerprint density at radius 1 is 1.48 bits per heavy atom. The molecule has 4 N–H and O–H groups in total. The van der Waals surface area contributed by atoms with Crippen LogP contribution in [0.5, 0.6) is 0 Å². The number of hydrogen-bond donors (Lipinski definition) is 3. The molecule has 7 nitrogen and oxygen atoms in total. The van der Waals surface area contributed by atoms with Crippen molar-refractivity contribution in [2.24, 2.45) is 11.7 Å². The summed E-state index contributed by atoms with van der Waals surface area (Å²) >= 11 is 0. The van der Waals surface area contributed by atoms with Crippen molar-refractivity contribution in [3.63, 3.8) is 0 Å². The first-order chi connectivity index (χ1) is 10.0. The van der Waals surface area contributed by atoms with Crippen LogP contribution in [0.4, 0.5) is 4.79 Å². The molecular weight excluding hydrogens is 276 g/mol. The van der Waals surface area contributed by atoms with Crippen molar-refractivity contribution < 1.29 is 24.2 Å². The van der Waals surface area contributed by atoms with E-state index in [1.54, 1.807) is 0 Å². The third-order valence-corrected chi connectivity index (χ3v) is 4.41. The van der Waals surface area contributed by atoms with Gasteiger partial charge in [0.05, 0.1) is 7.11 Å². The lowest BCUT2D eigenvalue weighted by Gasteiger charge is -2.29. The number of aliphatic hydroxyl groups excluding tert-OH is 1. The molecule has 0 spiro atoms. The summed E-state index contributed by atoms with van der Waals surface area (Å²) in [6.45, 7) is 0. The molecule has 120 valence electrons. The number of aliphatic hydroxyl groups is 1. The van der Waals surface area contributed by atoms with Crippen LogP contribution in [0.3, 0.4) is 0 Å². The lowest BCUT2D eigenvalue weighted by Crippen LogP contribution is -2.52. The third kappa shape index (κ3) is 3.85. The van der Waals surface area contributed by atoms with Gasteiger partial charge in [0.25, 0.3) is 0 Å². The van der Waals surface area contributed by atoms with E-state index in [9.17, 15) is 14.7 Å². The zero-order valence-corrected chi connectivity index (χ0v) is 12.3. The van der Waals surface area contributed by atoms with Crippen LogP contribution in [0.15, 0.2) is 0 Å². The first-order valence-corrected chi connectivity index (χ1v) is 7.51. The molecule has 2 rings (SSSR count). The molecule has 1 saturated heterocycles. The minimum atomic E-state index is -1.09. The Morgan fingerprint density at radius 3 is 2.76 bits per heavy atom. The average Bonchev–Trinajstić information content (AvgIpc) is 2.88. The Morgan fingerprint density at radius 2 is 2.14 bits per heavy atom. The Labute approximate surface area is 124 Å². The smallest absolute Gasteiger partial charge is 0.408 e. The standard InChI is InChI=1S/C14H24N2O5/c1-20-13(18)10-12(21-14(19)16-10)11(17)9(15)7-8-5-3-2-4-6-8/h8-12,17H,2-7,15H2,1H3,(H,16,19)/t9-,10?,11-,12?/m0/s1. The molecule has 1 amide bonds. The summed E-state index contributed by atoms with van der Waals surface area (Å²) in [6, 6.07) is -1.53. The number of nitrogens with two attached hydrogens (primary N) is 1. The van der Waals surface area contributed by atoms with Gasteiger partial charge in [-0.3, -0.25) is 0 Å². The van der Waals surface area contributed by atoms with Gasteiger partial charge in [0.2, 0.25) is 0 Å². The molecule has 2 unspecified atom stereocenters. The molecule has 21 heavy (non-hydrogen) atoms. The number of cyclic esters (lactones) is 1. The van der Waals surface area contributed by atoms with E-state index in [-0.39, 0.29) is 0 Å². The second-order valence-corrected chi connectivity index (χ2v) is 5.91. The monoisotopic (exact) mass is 300 g/mol. The molecule has 0 radical (unpaired) electrons. The van der Waals surface area contributed by atoms with Gasteiger partial charge in [-0.1, -0.05) is 32.1 Å². The van der Waals surface area contributed by atoms with Crippen LogP contribution in [-0.2, 0) is 14.3 Å². The van der Waals surface area contributed by atoms with Gasteiger partial charge >= 0.3 is 12.1 Å². The van der Waals surface area contributed by atoms with Crippen LogP contribution in [-0.4, -0.2) is 48.6 Å². The minimum absolute atomic E-state index is 0.491. The van der Waals surface area contributed by atoms with Crippen LogP contribution in [0.1, 0.15) is 38.5 Å². The number of carbonyl (C=O) groups is 2. The largest absolute Gasteiger partial charge is 0.467 e. The molecule has 4 atom stereocenters. The van der Waals surface area contributed by atoms with E-state index < -0.39 is 36.4 Å². The highest BCUT2D eigenvalue weighted by atomic mass is 16.6. The summed E-state index contributed by atoms with van der Waals surface area (Å²) in [5.74, 6) is -0.153. The Bertz CT molecular complexity index is 384. The number of amides is 1. The molecule has 0 bridgehead atoms. The quantitative estimate of drug-likeness (QED) is 0.630. The van der Waals surface area contributed by atoms with E-state index in [4.69, 9.17) is 10.5 Å². The first kappa shape index (κ1) is 16.0. The van der Waals surface area contributed by atoms with E-state index in [0.29, 0.717) is 12.3 Å². The molecule has 1 aliphatic carbocycles. The minimum Gasteiger partial charge on any atom is -0.467 e. The van der Waals surface area contributed by atoms with Crippen molar-refractivity contribution >= 4 is 12.1 Å². The number of alkyl carbamates (subject to hydrolysis) is 1. The van der Waals surface area contributed by atoms with Gasteiger partial charge in [0.15, 0.2) is 12.1 Å². The molecule has 0 aromatic heterocycles. The number of esters is 1. The van der Waals surface area contributed by atoms with Crippen molar-refractivity contribution in [3.8, 4) is 0 Å². The van der Waals surface area contributed by atoms with Crippen molar-refractivity contribution in [1.29, 1.82) is 0 Å². The maximum Gasteiger partial charge on any atom is 0.408 e. The molecule has 7 heteroatoms. The van der Waals surface area contributed by atoms with Gasteiger partial charge in [-0.25, -0.2) is 9.59 Å². The van der Waals surface area contributed by atoms with Crippen LogP contribution >= 0.6 is 0 Å². The van der Waals surface area contributed by atoms with Gasteiger partial charge in [-0.05, 0) is 12.3 Å². The number of nitrogens with one attached hydrogen (secondary N) is 1. The van der Waals surface area contributed by atoms with E-state index >= 15 is 0 Å². The zero-order valence-electron chi connectivity index (χ0n) is 12.3. The normalized spacial score (nSPS) is 29.4. The molecule has 1 heterocycles. The predicted octanol–water partition coefficient (Wildman–Crippen LogP) is 0.295. The van der Waals surface area contributed by atoms with E-state index in [0.717, 1.165) is 12.8 Å². The van der Waals surface area contributed by atoms with Gasteiger partial charge in [0, 0.05) is 6.04 Å². The summed E-state index contributed by atoms with van der Waals surface area (Å²) in [5, 5.41) is 12.7. The number of ether oxygens (including phenoxy) is 2. The summed E-state index contributed by atoms with van der Waals surface area (Å²) < 4.78 is 9.60. The zero-order chi connectivity index (χ0) is 15.4. The molecule has 0 aromatic carbocycles. The molecule has 2 aliphatic rings.